The van der Waals surface area contributed by atoms with Crippen LogP contribution in [0.25, 0.3) is 0 Å². The summed E-state index contributed by atoms with van der Waals surface area (Å²) < 4.78 is 80.7. The number of nitrogens with two attached hydrogens (primary N) is 1. The number of carbonyl (C=O) groups is 3. The maximum atomic E-state index is 13.8. The summed E-state index contributed by atoms with van der Waals surface area (Å²) in [5.74, 6) is -7.03. The second-order valence-corrected chi connectivity index (χ2v) is 8.55. The van der Waals surface area contributed by atoms with E-state index in [1.807, 2.05) is 23.1 Å². The number of benzene rings is 2. The van der Waals surface area contributed by atoms with Crippen LogP contribution in [0.1, 0.15) is 17.5 Å². The second-order valence-electron chi connectivity index (χ2n) is 8.55. The van der Waals surface area contributed by atoms with Crippen LogP contribution in [0.2, 0.25) is 0 Å². The number of alkyl halides is 6. The molecule has 1 saturated heterocycles. The fourth-order valence-electron chi connectivity index (χ4n) is 3.78. The number of amides is 1. The van der Waals surface area contributed by atoms with Crippen LogP contribution in [0.5, 0.6) is 0 Å². The van der Waals surface area contributed by atoms with Crippen molar-refractivity contribution in [3.8, 4) is 0 Å². The molecule has 2 aromatic rings. The van der Waals surface area contributed by atoms with E-state index in [1.54, 1.807) is 18.2 Å². The van der Waals surface area contributed by atoms with Crippen molar-refractivity contribution in [2.75, 3.05) is 19.6 Å². The molecule has 0 unspecified atom stereocenters. The van der Waals surface area contributed by atoms with Crippen LogP contribution in [-0.2, 0) is 27.2 Å². The van der Waals surface area contributed by atoms with E-state index in [0.29, 0.717) is 18.5 Å². The molecule has 1 aliphatic rings. The molecule has 3 rings (SSSR count). The Hall–Kier alpha value is -3.32. The summed E-state index contributed by atoms with van der Waals surface area (Å²) in [5.41, 5.74) is 7.93. The predicted octanol–water partition coefficient (Wildman–Crippen LogP) is 3.38. The third-order valence-corrected chi connectivity index (χ3v) is 5.58. The molecule has 3 N–H and O–H groups in total. The third-order valence-electron chi connectivity index (χ3n) is 5.58. The predicted molar refractivity (Wildman–Crippen MR) is 123 cm³/mol. The topological polar surface area (TPSA) is 92.5 Å². The van der Waals surface area contributed by atoms with Gasteiger partial charge < -0.3 is 16.0 Å². The molecule has 38 heavy (non-hydrogen) atoms. The Morgan fingerprint density at radius 3 is 2.03 bits per heavy atom. The van der Waals surface area contributed by atoms with Crippen molar-refractivity contribution in [3.63, 3.8) is 0 Å². The zero-order valence-electron chi connectivity index (χ0n) is 20.0. The Morgan fingerprint density at radius 2 is 1.47 bits per heavy atom. The minimum absolute atomic E-state index is 0.0521. The molecule has 0 radical (unpaired) electrons. The fourth-order valence-corrected chi connectivity index (χ4v) is 3.78. The summed E-state index contributed by atoms with van der Waals surface area (Å²) in [4.78, 5) is 34.0. The second kappa shape index (κ2) is 13.5. The molecule has 2 atom stereocenters. The lowest BCUT2D eigenvalue weighted by Crippen LogP contribution is -2.55. The van der Waals surface area contributed by atoms with Gasteiger partial charge in [0.2, 0.25) is 5.91 Å². The average molecular weight is 549 g/mol. The highest BCUT2D eigenvalue weighted by molar-refractivity contribution is 6.41. The molecule has 13 heteroatoms. The van der Waals surface area contributed by atoms with Crippen molar-refractivity contribution in [2.45, 2.75) is 43.7 Å². The lowest BCUT2D eigenvalue weighted by molar-refractivity contribution is -0.193. The molecule has 0 aliphatic carbocycles. The van der Waals surface area contributed by atoms with Crippen molar-refractivity contribution < 1.29 is 45.1 Å². The molecule has 208 valence electrons. The van der Waals surface area contributed by atoms with Crippen molar-refractivity contribution >= 4 is 17.5 Å². The molecule has 2 aromatic carbocycles. The molecule has 0 spiro atoms. The summed E-state index contributed by atoms with van der Waals surface area (Å²) in [6, 6.07) is 16.5. The van der Waals surface area contributed by atoms with Crippen LogP contribution >= 0.6 is 0 Å². The van der Waals surface area contributed by atoms with Gasteiger partial charge in [-0.3, -0.25) is 14.4 Å². The van der Waals surface area contributed by atoms with Crippen LogP contribution in [-0.4, -0.2) is 66.4 Å². The van der Waals surface area contributed by atoms with Gasteiger partial charge in [0.15, 0.2) is 0 Å². The van der Waals surface area contributed by atoms with Crippen molar-refractivity contribution in [1.82, 2.24) is 10.2 Å². The number of Topliss-reactive ketones (excluding diaryl/α,β-unsaturated/α-hetero) is 2. The lowest BCUT2D eigenvalue weighted by atomic mass is 10.00. The molecule has 0 bridgehead atoms. The van der Waals surface area contributed by atoms with E-state index in [4.69, 9.17) is 5.73 Å². The lowest BCUT2D eigenvalue weighted by Gasteiger charge is -2.37. The minimum Gasteiger partial charge on any atom is -0.337 e. The first kappa shape index (κ1) is 30.9. The van der Waals surface area contributed by atoms with E-state index >= 15 is 0 Å². The highest BCUT2D eigenvalue weighted by Crippen LogP contribution is 2.24. The molecule has 1 heterocycles. The molecule has 1 amide bonds. The summed E-state index contributed by atoms with van der Waals surface area (Å²) in [5, 5.41) is 3.37. The third kappa shape index (κ3) is 9.53. The molecule has 1 aliphatic heterocycles. The quantitative estimate of drug-likeness (QED) is 0.408. The van der Waals surface area contributed by atoms with Gasteiger partial charge in [0.1, 0.15) is 5.82 Å². The summed E-state index contributed by atoms with van der Waals surface area (Å²) >= 11 is 0. The number of nitrogens with zero attached hydrogens (tertiary/aromatic N) is 1. The zero-order valence-corrected chi connectivity index (χ0v) is 20.0. The van der Waals surface area contributed by atoms with Crippen LogP contribution in [0.15, 0.2) is 54.6 Å². The SMILES string of the molecule is N[C@@H](CC(=O)N1CCNC[C@H]1Cc1ccccc1)Cc1ccccc1F.O=C(C(=O)C(F)(F)F)C(F)(F)F. The summed E-state index contributed by atoms with van der Waals surface area (Å²) in [6.07, 6.45) is -10.1. The minimum atomic E-state index is -5.77. The first-order valence-electron chi connectivity index (χ1n) is 11.5. The summed E-state index contributed by atoms with van der Waals surface area (Å²) in [7, 11) is 0. The van der Waals surface area contributed by atoms with E-state index in [1.165, 1.54) is 11.6 Å². The standard InChI is InChI=1S/C21H26FN3O.C4F6O2/c22-20-9-5-4-8-17(20)13-18(23)14-21(26)25-11-10-24-15-19(25)12-16-6-2-1-3-7-16;5-3(6,7)1(11)2(12)4(8,9)10/h1-9,18-19,24H,10-15,23H2;/t18-,19-;/m1./s1. The van der Waals surface area contributed by atoms with E-state index < -0.39 is 23.9 Å². The number of piperazine rings is 1. The van der Waals surface area contributed by atoms with Gasteiger partial charge in [0, 0.05) is 38.1 Å². The van der Waals surface area contributed by atoms with Crippen molar-refractivity contribution in [2.24, 2.45) is 5.73 Å². The molecular formula is C25H26F7N3O3. The normalized spacial score (nSPS) is 16.7. The van der Waals surface area contributed by atoms with E-state index in [0.717, 1.165) is 19.5 Å². The Balaban J connectivity index is 0.000000358. The molecule has 0 aromatic heterocycles. The first-order chi connectivity index (χ1) is 17.7. The molecule has 0 saturated carbocycles. The van der Waals surface area contributed by atoms with Crippen LogP contribution in [0, 0.1) is 5.82 Å². The van der Waals surface area contributed by atoms with Gasteiger partial charge in [-0.1, -0.05) is 48.5 Å². The zero-order chi connectivity index (χ0) is 28.5. The van der Waals surface area contributed by atoms with Gasteiger partial charge in [-0.2, -0.15) is 26.3 Å². The Morgan fingerprint density at radius 1 is 0.921 bits per heavy atom. The van der Waals surface area contributed by atoms with Gasteiger partial charge in [0.05, 0.1) is 0 Å². The maximum Gasteiger partial charge on any atom is 0.458 e. The highest BCUT2D eigenvalue weighted by Gasteiger charge is 2.54. The first-order valence-corrected chi connectivity index (χ1v) is 11.5. The van der Waals surface area contributed by atoms with Crippen LogP contribution < -0.4 is 11.1 Å². The smallest absolute Gasteiger partial charge is 0.337 e. The fraction of sp³-hybridized carbons (Fsp3) is 0.400. The van der Waals surface area contributed by atoms with Gasteiger partial charge in [0.25, 0.3) is 0 Å². The van der Waals surface area contributed by atoms with E-state index in [2.05, 4.69) is 17.4 Å². The number of hydrogen-bond donors (Lipinski definition) is 2. The van der Waals surface area contributed by atoms with Gasteiger partial charge in [-0.05, 0) is 30.0 Å². The van der Waals surface area contributed by atoms with E-state index in [9.17, 15) is 45.1 Å². The molecule has 1 fully saturated rings. The Kier molecular flexibility index (Phi) is 11.0. The number of rotatable bonds is 7. The van der Waals surface area contributed by atoms with E-state index in [-0.39, 0.29) is 30.2 Å². The van der Waals surface area contributed by atoms with Gasteiger partial charge in [-0.15, -0.1) is 0 Å². The molecule has 6 nitrogen and oxygen atoms in total. The van der Waals surface area contributed by atoms with Crippen molar-refractivity contribution in [1.29, 1.82) is 0 Å². The number of ketones is 2. The largest absolute Gasteiger partial charge is 0.458 e. The Bertz CT molecular complexity index is 1070. The number of nitrogens with one attached hydrogen (secondary N) is 1. The Labute approximate surface area is 214 Å². The molecular weight excluding hydrogens is 523 g/mol. The van der Waals surface area contributed by atoms with Crippen molar-refractivity contribution in [3.05, 3.63) is 71.5 Å². The monoisotopic (exact) mass is 549 g/mol. The van der Waals surface area contributed by atoms with Gasteiger partial charge >= 0.3 is 23.9 Å². The highest BCUT2D eigenvalue weighted by atomic mass is 19.4. The average Bonchev–Trinajstić information content (AvgIpc) is 2.84. The maximum absolute atomic E-state index is 13.8. The van der Waals surface area contributed by atoms with Crippen LogP contribution in [0.3, 0.4) is 0 Å². The summed E-state index contributed by atoms with van der Waals surface area (Å²) in [6.45, 7) is 2.26. The number of hydrogen-bond acceptors (Lipinski definition) is 5. The number of halogens is 7. The number of carbonyl (C=O) groups excluding carboxylic acids is 3. The van der Waals surface area contributed by atoms with Crippen LogP contribution in [0.4, 0.5) is 30.7 Å². The van der Waals surface area contributed by atoms with Gasteiger partial charge in [-0.25, -0.2) is 4.39 Å².